The minimum atomic E-state index is -0.990. The van der Waals surface area contributed by atoms with Crippen LogP contribution in [0.5, 0.6) is 0 Å². The summed E-state index contributed by atoms with van der Waals surface area (Å²) in [5, 5.41) is 17.5. The predicted molar refractivity (Wildman–Crippen MR) is 147 cm³/mol. The topological polar surface area (TPSA) is 106 Å². The van der Waals surface area contributed by atoms with Crippen molar-refractivity contribution in [2.45, 2.75) is 58.7 Å². The van der Waals surface area contributed by atoms with Gasteiger partial charge in [0.1, 0.15) is 17.3 Å². The maximum absolute atomic E-state index is 14.0. The fraction of sp³-hybridized carbons (Fsp3) is 0.481. The van der Waals surface area contributed by atoms with Gasteiger partial charge in [-0.3, -0.25) is 0 Å². The van der Waals surface area contributed by atoms with Crippen molar-refractivity contribution < 1.29 is 19.1 Å². The van der Waals surface area contributed by atoms with E-state index < -0.39 is 6.09 Å². The van der Waals surface area contributed by atoms with Crippen LogP contribution < -0.4 is 10.2 Å². The molecule has 3 amide bonds. The van der Waals surface area contributed by atoms with Gasteiger partial charge in [-0.25, -0.2) is 23.5 Å². The number of aromatic nitrogens is 3. The fourth-order valence-corrected chi connectivity index (χ4v) is 5.88. The van der Waals surface area contributed by atoms with E-state index in [0.717, 1.165) is 24.9 Å². The van der Waals surface area contributed by atoms with Gasteiger partial charge in [0.05, 0.1) is 18.3 Å². The molecule has 2 aliphatic rings. The zero-order valence-electron chi connectivity index (χ0n) is 22.4. The summed E-state index contributed by atoms with van der Waals surface area (Å²) in [4.78, 5) is 35.4. The lowest BCUT2D eigenvalue weighted by Crippen LogP contribution is -2.64. The molecule has 0 aliphatic carbocycles. The number of hydrogen-bond acceptors (Lipinski definition) is 5. The highest BCUT2D eigenvalue weighted by molar-refractivity contribution is 6.31. The second-order valence-electron chi connectivity index (χ2n) is 11.4. The van der Waals surface area contributed by atoms with Crippen LogP contribution in [0, 0.1) is 11.2 Å². The van der Waals surface area contributed by atoms with E-state index in [4.69, 9.17) is 16.6 Å². The van der Waals surface area contributed by atoms with Crippen LogP contribution in [0.4, 0.5) is 25.5 Å². The maximum atomic E-state index is 14.0. The van der Waals surface area contributed by atoms with E-state index in [1.54, 1.807) is 34.8 Å². The fourth-order valence-electron chi connectivity index (χ4n) is 5.64. The highest BCUT2D eigenvalue weighted by atomic mass is 35.5. The molecule has 1 aromatic carbocycles. The van der Waals surface area contributed by atoms with E-state index in [1.807, 2.05) is 26.8 Å². The molecule has 4 heterocycles. The minimum Gasteiger partial charge on any atom is -0.465 e. The van der Waals surface area contributed by atoms with Gasteiger partial charge in [0.15, 0.2) is 5.65 Å². The Morgan fingerprint density at radius 3 is 2.67 bits per heavy atom. The summed E-state index contributed by atoms with van der Waals surface area (Å²) in [6.45, 7) is 9.01. The Kier molecular flexibility index (Phi) is 7.04. The van der Waals surface area contributed by atoms with Crippen LogP contribution in [0.2, 0.25) is 5.02 Å². The number of halogens is 2. The Labute approximate surface area is 231 Å². The SMILES string of the molecule is CC1CN(C(=O)Nc2cnn3ccc(N4CCCC4c4cc(F)ccc4Cl)nc23)C(C(C)(C)C)CN1C(=O)O. The molecule has 0 spiro atoms. The van der Waals surface area contributed by atoms with Gasteiger partial charge < -0.3 is 25.1 Å². The van der Waals surface area contributed by atoms with Crippen LogP contribution in [0.25, 0.3) is 5.65 Å². The summed E-state index contributed by atoms with van der Waals surface area (Å²) in [5.74, 6) is 0.343. The normalized spacial score (nSPS) is 22.0. The van der Waals surface area contributed by atoms with Gasteiger partial charge >= 0.3 is 12.1 Å². The van der Waals surface area contributed by atoms with Crippen LogP contribution in [0.1, 0.15) is 52.1 Å². The summed E-state index contributed by atoms with van der Waals surface area (Å²) in [7, 11) is 0. The van der Waals surface area contributed by atoms with Crippen LogP contribution in [-0.2, 0) is 0 Å². The molecule has 10 nitrogen and oxygen atoms in total. The molecular formula is C27H33ClFN7O3. The first kappa shape index (κ1) is 27.0. The number of amides is 3. The lowest BCUT2D eigenvalue weighted by molar-refractivity contribution is 0.0196. The minimum absolute atomic E-state index is 0.122. The molecule has 0 bridgehead atoms. The smallest absolute Gasteiger partial charge is 0.407 e. The van der Waals surface area contributed by atoms with Crippen molar-refractivity contribution in [2.24, 2.45) is 5.41 Å². The monoisotopic (exact) mass is 557 g/mol. The summed E-state index contributed by atoms with van der Waals surface area (Å²) in [6.07, 6.45) is 4.06. The number of piperazine rings is 1. The Bertz CT molecular complexity index is 1410. The third-order valence-electron chi connectivity index (χ3n) is 7.71. The molecule has 3 aromatic rings. The molecule has 5 rings (SSSR count). The number of carboxylic acid groups (broad SMARTS) is 1. The molecule has 0 saturated carbocycles. The zero-order valence-corrected chi connectivity index (χ0v) is 23.2. The summed E-state index contributed by atoms with van der Waals surface area (Å²) >= 11 is 6.43. The number of benzene rings is 1. The third kappa shape index (κ3) is 5.19. The second kappa shape index (κ2) is 10.2. The lowest BCUT2D eigenvalue weighted by Gasteiger charge is -2.48. The second-order valence-corrected chi connectivity index (χ2v) is 11.8. The number of anilines is 2. The average Bonchev–Trinajstić information content (AvgIpc) is 3.51. The summed E-state index contributed by atoms with van der Waals surface area (Å²) in [6, 6.07) is 5.13. The molecule has 2 aliphatic heterocycles. The van der Waals surface area contributed by atoms with E-state index in [-0.39, 0.29) is 48.5 Å². The van der Waals surface area contributed by atoms with Gasteiger partial charge in [0.25, 0.3) is 0 Å². The standard InChI is InChI=1S/C27H33ClFN7O3/c1-16-14-35(22(27(2,3)4)15-34(16)26(38)39)25(37)31-20-13-30-36-11-9-23(32-24(20)36)33-10-5-6-21(33)18-12-17(29)7-8-19(18)28/h7-9,11-13,16,21-22H,5-6,10,14-15H2,1-4H3,(H,31,37)(H,38,39). The van der Waals surface area contributed by atoms with Gasteiger partial charge in [-0.2, -0.15) is 5.10 Å². The maximum Gasteiger partial charge on any atom is 0.407 e. The van der Waals surface area contributed by atoms with Gasteiger partial charge in [0, 0.05) is 36.9 Å². The molecule has 2 saturated heterocycles. The van der Waals surface area contributed by atoms with Gasteiger partial charge in [-0.05, 0) is 55.0 Å². The molecule has 12 heteroatoms. The first-order chi connectivity index (χ1) is 18.4. The van der Waals surface area contributed by atoms with Crippen molar-refractivity contribution in [1.82, 2.24) is 24.4 Å². The Hall–Kier alpha value is -3.60. The van der Waals surface area contributed by atoms with Gasteiger partial charge in [0.2, 0.25) is 0 Å². The van der Waals surface area contributed by atoms with Crippen LogP contribution in [0.15, 0.2) is 36.7 Å². The van der Waals surface area contributed by atoms with Gasteiger partial charge in [-0.15, -0.1) is 0 Å². The highest BCUT2D eigenvalue weighted by Crippen LogP contribution is 2.39. The molecule has 3 atom stereocenters. The number of carbonyl (C=O) groups is 2. The van der Waals surface area contributed by atoms with Crippen molar-refractivity contribution in [3.05, 3.63) is 53.1 Å². The molecule has 39 heavy (non-hydrogen) atoms. The van der Waals surface area contributed by atoms with Crippen molar-refractivity contribution in [2.75, 3.05) is 29.9 Å². The number of fused-ring (bicyclic) bond motifs is 1. The first-order valence-electron chi connectivity index (χ1n) is 13.1. The molecular weight excluding hydrogens is 525 g/mol. The number of hydrogen-bond donors (Lipinski definition) is 2. The number of nitrogens with zero attached hydrogens (tertiary/aromatic N) is 6. The molecule has 2 aromatic heterocycles. The highest BCUT2D eigenvalue weighted by Gasteiger charge is 2.42. The Morgan fingerprint density at radius 1 is 1.18 bits per heavy atom. The zero-order chi connectivity index (χ0) is 28.1. The molecule has 2 N–H and O–H groups in total. The van der Waals surface area contributed by atoms with Crippen molar-refractivity contribution in [1.29, 1.82) is 0 Å². The van der Waals surface area contributed by atoms with Crippen LogP contribution in [-0.4, -0.2) is 73.3 Å². The van der Waals surface area contributed by atoms with Crippen LogP contribution >= 0.6 is 11.6 Å². The molecule has 2 fully saturated rings. The van der Waals surface area contributed by atoms with Crippen LogP contribution in [0.3, 0.4) is 0 Å². The molecule has 3 unspecified atom stereocenters. The van der Waals surface area contributed by atoms with E-state index in [0.29, 0.717) is 22.2 Å². The van der Waals surface area contributed by atoms with E-state index >= 15 is 0 Å². The van der Waals surface area contributed by atoms with E-state index in [9.17, 15) is 19.1 Å². The third-order valence-corrected chi connectivity index (χ3v) is 8.05. The number of rotatable bonds is 3. The quantitative estimate of drug-likeness (QED) is 0.441. The number of urea groups is 1. The summed E-state index contributed by atoms with van der Waals surface area (Å²) < 4.78 is 15.6. The molecule has 0 radical (unpaired) electrons. The van der Waals surface area contributed by atoms with Crippen molar-refractivity contribution in [3.63, 3.8) is 0 Å². The van der Waals surface area contributed by atoms with Crippen molar-refractivity contribution >= 4 is 40.9 Å². The van der Waals surface area contributed by atoms with Crippen molar-refractivity contribution in [3.8, 4) is 0 Å². The number of carbonyl (C=O) groups excluding carboxylic acids is 1. The lowest BCUT2D eigenvalue weighted by atomic mass is 9.83. The van der Waals surface area contributed by atoms with Gasteiger partial charge in [-0.1, -0.05) is 32.4 Å². The Morgan fingerprint density at radius 2 is 1.95 bits per heavy atom. The van der Waals surface area contributed by atoms with E-state index in [2.05, 4.69) is 15.3 Å². The average molecular weight is 558 g/mol. The predicted octanol–water partition coefficient (Wildman–Crippen LogP) is 5.49. The number of nitrogens with one attached hydrogen (secondary N) is 1. The Balaban J connectivity index is 1.42. The molecule has 208 valence electrons. The largest absolute Gasteiger partial charge is 0.465 e. The first-order valence-corrected chi connectivity index (χ1v) is 13.4. The van der Waals surface area contributed by atoms with E-state index in [1.165, 1.54) is 17.0 Å². The summed E-state index contributed by atoms with van der Waals surface area (Å²) in [5.41, 5.74) is 1.30.